The molecule has 0 aliphatic carbocycles. The number of rotatable bonds is 9. The lowest BCUT2D eigenvalue weighted by Gasteiger charge is -2.24. The van der Waals surface area contributed by atoms with Gasteiger partial charge in [0.1, 0.15) is 10.6 Å². The van der Waals surface area contributed by atoms with E-state index in [0.29, 0.717) is 23.6 Å². The van der Waals surface area contributed by atoms with Crippen LogP contribution in [0.4, 0.5) is 5.13 Å². The maximum atomic E-state index is 13.4. The van der Waals surface area contributed by atoms with Crippen molar-refractivity contribution >= 4 is 40.2 Å². The maximum Gasteiger partial charge on any atom is 0.350 e. The van der Waals surface area contributed by atoms with Gasteiger partial charge >= 0.3 is 5.97 Å². The number of aryl methyl sites for hydroxylation is 1. The number of methoxy groups -OCH3 is 1. The quantitative estimate of drug-likeness (QED) is 0.306. The summed E-state index contributed by atoms with van der Waals surface area (Å²) in [6, 6.07) is 15.2. The maximum absolute atomic E-state index is 13.4. The molecule has 0 radical (unpaired) electrons. The number of hydrogen-bond donors (Lipinski definition) is 1. The van der Waals surface area contributed by atoms with Crippen LogP contribution in [0.3, 0.4) is 0 Å². The van der Waals surface area contributed by atoms with Gasteiger partial charge in [-0.25, -0.2) is 9.78 Å². The zero-order valence-electron chi connectivity index (χ0n) is 20.6. The minimum Gasteiger partial charge on any atom is -0.503 e. The molecule has 3 aromatic rings. The van der Waals surface area contributed by atoms with Crippen LogP contribution < -0.4 is 9.64 Å². The molecule has 8 nitrogen and oxygen atoms in total. The summed E-state index contributed by atoms with van der Waals surface area (Å²) in [6.07, 6.45) is 3.80. The van der Waals surface area contributed by atoms with Gasteiger partial charge in [0.15, 0.2) is 16.7 Å². The second kappa shape index (κ2) is 11.2. The van der Waals surface area contributed by atoms with Crippen molar-refractivity contribution in [2.75, 3.05) is 18.6 Å². The molecule has 2 heterocycles. The first-order chi connectivity index (χ1) is 17.8. The molecular formula is C28H26N2O6S. The number of anilines is 1. The number of aliphatic hydroxyl groups is 1. The highest BCUT2D eigenvalue weighted by Crippen LogP contribution is 2.43. The van der Waals surface area contributed by atoms with E-state index in [0.717, 1.165) is 23.3 Å². The third-order valence-corrected chi connectivity index (χ3v) is 6.87. The summed E-state index contributed by atoms with van der Waals surface area (Å²) in [5.41, 5.74) is 1.67. The number of ketones is 1. The van der Waals surface area contributed by atoms with Crippen molar-refractivity contribution in [3.8, 4) is 5.75 Å². The number of thiazole rings is 1. The van der Waals surface area contributed by atoms with E-state index in [9.17, 15) is 19.5 Å². The summed E-state index contributed by atoms with van der Waals surface area (Å²) in [4.78, 5) is 44.7. The summed E-state index contributed by atoms with van der Waals surface area (Å²) < 4.78 is 10.5. The molecule has 1 aliphatic rings. The second-order valence-electron chi connectivity index (χ2n) is 8.27. The monoisotopic (exact) mass is 518 g/mol. The standard InChI is InChI=1S/C28H26N2O6S/c1-4-16-36-20-13-11-19(12-14-20)23-22(21(31)15-10-18-8-6-5-7-9-18)24(32)26(33)30(23)28-29-17(2)25(37-28)27(34)35-3/h5-15,23,32H,4,16H2,1-3H3/b15-10+. The highest BCUT2D eigenvalue weighted by atomic mass is 32.1. The Hall–Kier alpha value is -4.24. The average Bonchev–Trinajstić information content (AvgIpc) is 3.43. The van der Waals surface area contributed by atoms with Crippen molar-refractivity contribution in [3.63, 3.8) is 0 Å². The van der Waals surface area contributed by atoms with Crippen LogP contribution in [0.1, 0.15) is 45.9 Å². The number of amides is 1. The fraction of sp³-hybridized carbons (Fsp3) is 0.214. The van der Waals surface area contributed by atoms with E-state index in [2.05, 4.69) is 4.98 Å². The number of aromatic nitrogens is 1. The predicted octanol–water partition coefficient (Wildman–Crippen LogP) is 5.21. The normalized spacial score (nSPS) is 15.5. The van der Waals surface area contributed by atoms with Gasteiger partial charge in [-0.1, -0.05) is 66.8 Å². The van der Waals surface area contributed by atoms with Gasteiger partial charge in [0, 0.05) is 0 Å². The van der Waals surface area contributed by atoms with Gasteiger partial charge in [0.05, 0.1) is 31.0 Å². The number of nitrogens with zero attached hydrogens (tertiary/aromatic N) is 2. The molecule has 4 rings (SSSR count). The van der Waals surface area contributed by atoms with Crippen LogP contribution in [-0.2, 0) is 14.3 Å². The van der Waals surface area contributed by atoms with Crippen molar-refractivity contribution < 1.29 is 29.0 Å². The minimum atomic E-state index is -0.961. The molecule has 1 atom stereocenters. The highest BCUT2D eigenvalue weighted by molar-refractivity contribution is 7.17. The van der Waals surface area contributed by atoms with Gasteiger partial charge in [-0.2, -0.15) is 0 Å². The third-order valence-electron chi connectivity index (χ3n) is 5.73. The van der Waals surface area contributed by atoms with Gasteiger partial charge in [0.2, 0.25) is 0 Å². The molecule has 0 spiro atoms. The van der Waals surface area contributed by atoms with Crippen LogP contribution in [0.25, 0.3) is 6.08 Å². The first-order valence-electron chi connectivity index (χ1n) is 11.7. The molecule has 190 valence electrons. The number of carbonyl (C=O) groups is 3. The van der Waals surface area contributed by atoms with Crippen LogP contribution >= 0.6 is 11.3 Å². The molecular weight excluding hydrogens is 492 g/mol. The number of carbonyl (C=O) groups excluding carboxylic acids is 3. The number of aliphatic hydroxyl groups excluding tert-OH is 1. The second-order valence-corrected chi connectivity index (χ2v) is 9.25. The minimum absolute atomic E-state index is 0.0770. The van der Waals surface area contributed by atoms with Crippen LogP contribution in [0.15, 0.2) is 72.0 Å². The first-order valence-corrected chi connectivity index (χ1v) is 12.5. The molecule has 0 fully saturated rings. The van der Waals surface area contributed by atoms with Crippen LogP contribution in [0.2, 0.25) is 0 Å². The zero-order valence-corrected chi connectivity index (χ0v) is 21.5. The topological polar surface area (TPSA) is 106 Å². The van der Waals surface area contributed by atoms with E-state index in [4.69, 9.17) is 9.47 Å². The van der Waals surface area contributed by atoms with Gasteiger partial charge in [0.25, 0.3) is 5.91 Å². The molecule has 1 amide bonds. The van der Waals surface area contributed by atoms with E-state index in [1.165, 1.54) is 18.1 Å². The van der Waals surface area contributed by atoms with Crippen molar-refractivity contribution in [2.24, 2.45) is 0 Å². The molecule has 1 aromatic heterocycles. The SMILES string of the molecule is CCCOc1ccc(C2C(C(=O)/C=C/c3ccccc3)=C(O)C(=O)N2c2nc(C)c(C(=O)OC)s2)cc1. The Balaban J connectivity index is 1.77. The van der Waals surface area contributed by atoms with Crippen LogP contribution in [0, 0.1) is 6.92 Å². The predicted molar refractivity (Wildman–Crippen MR) is 141 cm³/mol. The lowest BCUT2D eigenvalue weighted by molar-refractivity contribution is -0.117. The zero-order chi connectivity index (χ0) is 26.5. The summed E-state index contributed by atoms with van der Waals surface area (Å²) >= 11 is 0.960. The lowest BCUT2D eigenvalue weighted by Crippen LogP contribution is -2.30. The summed E-state index contributed by atoms with van der Waals surface area (Å²) in [5.74, 6) is -1.90. The van der Waals surface area contributed by atoms with E-state index >= 15 is 0 Å². The summed E-state index contributed by atoms with van der Waals surface area (Å²) in [5, 5.41) is 11.1. The Bertz CT molecular complexity index is 1380. The Morgan fingerprint density at radius 2 is 1.84 bits per heavy atom. The van der Waals surface area contributed by atoms with Gasteiger partial charge in [-0.3, -0.25) is 14.5 Å². The Kier molecular flexibility index (Phi) is 7.83. The van der Waals surface area contributed by atoms with Crippen molar-refractivity contribution in [1.29, 1.82) is 0 Å². The number of hydrogen-bond acceptors (Lipinski definition) is 8. The van der Waals surface area contributed by atoms with Crippen LogP contribution in [-0.4, -0.2) is 41.5 Å². The number of esters is 1. The molecule has 1 aliphatic heterocycles. The molecule has 0 bridgehead atoms. The molecule has 1 N–H and O–H groups in total. The third kappa shape index (κ3) is 5.31. The molecule has 9 heteroatoms. The van der Waals surface area contributed by atoms with Crippen molar-refractivity contribution in [3.05, 3.63) is 93.7 Å². The summed E-state index contributed by atoms with van der Waals surface area (Å²) in [7, 11) is 1.26. The Labute approximate surface area is 218 Å². The van der Waals surface area contributed by atoms with E-state index in [1.807, 2.05) is 37.3 Å². The van der Waals surface area contributed by atoms with E-state index in [1.54, 1.807) is 37.3 Å². The average molecular weight is 519 g/mol. The lowest BCUT2D eigenvalue weighted by atomic mass is 9.95. The smallest absolute Gasteiger partial charge is 0.350 e. The van der Waals surface area contributed by atoms with E-state index < -0.39 is 29.5 Å². The van der Waals surface area contributed by atoms with Gasteiger partial charge < -0.3 is 14.6 Å². The molecule has 2 aromatic carbocycles. The highest BCUT2D eigenvalue weighted by Gasteiger charge is 2.45. The first kappa shape index (κ1) is 25.8. The van der Waals surface area contributed by atoms with Crippen LogP contribution in [0.5, 0.6) is 5.75 Å². The number of benzene rings is 2. The number of ether oxygens (including phenoxy) is 2. The molecule has 0 saturated carbocycles. The van der Waals surface area contributed by atoms with Crippen molar-refractivity contribution in [1.82, 2.24) is 4.98 Å². The Morgan fingerprint density at radius 1 is 1.14 bits per heavy atom. The Morgan fingerprint density at radius 3 is 2.49 bits per heavy atom. The summed E-state index contributed by atoms with van der Waals surface area (Å²) in [6.45, 7) is 4.18. The molecule has 0 saturated heterocycles. The molecule has 37 heavy (non-hydrogen) atoms. The fourth-order valence-corrected chi connectivity index (χ4v) is 4.94. The van der Waals surface area contributed by atoms with Crippen molar-refractivity contribution in [2.45, 2.75) is 26.3 Å². The van der Waals surface area contributed by atoms with Gasteiger partial charge in [-0.15, -0.1) is 0 Å². The van der Waals surface area contributed by atoms with Gasteiger partial charge in [-0.05, 0) is 42.7 Å². The fourth-order valence-electron chi connectivity index (χ4n) is 3.93. The molecule has 1 unspecified atom stereocenters. The largest absolute Gasteiger partial charge is 0.503 e. The number of allylic oxidation sites excluding steroid dienone is 1. The van der Waals surface area contributed by atoms with E-state index in [-0.39, 0.29) is 15.6 Å².